The molecule has 228 valence electrons. The summed E-state index contributed by atoms with van der Waals surface area (Å²) >= 11 is 0. The molecule has 2 amide bonds. The molecule has 12 heteroatoms. The van der Waals surface area contributed by atoms with Gasteiger partial charge in [-0.25, -0.2) is 14.6 Å². The van der Waals surface area contributed by atoms with E-state index in [2.05, 4.69) is 49.3 Å². The van der Waals surface area contributed by atoms with Crippen molar-refractivity contribution in [2.45, 2.75) is 91.0 Å². The molecule has 0 aliphatic carbocycles. The molecule has 1 N–H and O–H groups in total. The van der Waals surface area contributed by atoms with Crippen molar-refractivity contribution in [3.8, 4) is 0 Å². The number of anilines is 1. The Balaban J connectivity index is 1.85. The number of rotatable bonds is 8. The number of amides is 2. The van der Waals surface area contributed by atoms with E-state index in [4.69, 9.17) is 13.9 Å². The molecule has 1 aromatic carbocycles. The Morgan fingerprint density at radius 1 is 1.02 bits per heavy atom. The third kappa shape index (κ3) is 8.16. The van der Waals surface area contributed by atoms with E-state index in [0.29, 0.717) is 11.0 Å². The lowest BCUT2D eigenvalue weighted by molar-refractivity contribution is -0.123. The second-order valence-electron chi connectivity index (χ2n) is 12.8. The lowest BCUT2D eigenvalue weighted by atomic mass is 10.1. The smallest absolute Gasteiger partial charge is 0.435 e. The first-order chi connectivity index (χ1) is 19.4. The summed E-state index contributed by atoms with van der Waals surface area (Å²) in [5, 5.41) is 6.80. The third-order valence-corrected chi connectivity index (χ3v) is 11.7. The van der Waals surface area contributed by atoms with Crippen LogP contribution < -0.4 is 5.32 Å². The monoisotopic (exact) mass is 597 g/mol. The number of carbonyl (C=O) groups is 3. The fourth-order valence-electron chi connectivity index (χ4n) is 3.98. The Kier molecular flexibility index (Phi) is 9.83. The van der Waals surface area contributed by atoms with Crippen molar-refractivity contribution in [2.24, 2.45) is 0 Å². The van der Waals surface area contributed by atoms with Crippen molar-refractivity contribution in [3.63, 3.8) is 0 Å². The predicted octanol–water partition coefficient (Wildman–Crippen LogP) is 6.20. The number of hydrogen-bond donors (Lipinski definition) is 1. The summed E-state index contributed by atoms with van der Waals surface area (Å²) in [6, 6.07) is 11.5. The van der Waals surface area contributed by atoms with Gasteiger partial charge in [0.2, 0.25) is 0 Å². The van der Waals surface area contributed by atoms with Gasteiger partial charge < -0.3 is 19.2 Å². The standard InChI is InChI=1S/C30H43N5O6Si/c1-20(41-42(9,10)30(5,6)7)25(34(8)27(37)39-19-21-14-12-11-13-15-21)26(36)33-24-17-16-23-22(32-24)18-31-35(23)28(38)40-29(2,3)4/h11-18,20,25H,19H2,1-10H3,(H,32,33,36)/t20-,25-/m1/s1. The van der Waals surface area contributed by atoms with Crippen molar-refractivity contribution in [3.05, 3.63) is 54.2 Å². The van der Waals surface area contributed by atoms with Crippen LogP contribution in [-0.4, -0.2) is 70.9 Å². The van der Waals surface area contributed by atoms with Gasteiger partial charge in [-0.2, -0.15) is 9.78 Å². The van der Waals surface area contributed by atoms with Gasteiger partial charge in [0, 0.05) is 7.05 Å². The molecule has 2 aromatic heterocycles. The van der Waals surface area contributed by atoms with Gasteiger partial charge in [0.15, 0.2) is 8.32 Å². The van der Waals surface area contributed by atoms with Crippen molar-refractivity contribution in [1.29, 1.82) is 0 Å². The number of ether oxygens (including phenoxy) is 2. The first-order valence-electron chi connectivity index (χ1n) is 13.9. The molecule has 0 aliphatic heterocycles. The number of pyridine rings is 1. The zero-order chi connectivity index (χ0) is 31.5. The van der Waals surface area contributed by atoms with Gasteiger partial charge in [-0.05, 0) is 63.5 Å². The second-order valence-corrected chi connectivity index (χ2v) is 17.6. The predicted molar refractivity (Wildman–Crippen MR) is 164 cm³/mol. The van der Waals surface area contributed by atoms with E-state index in [1.807, 2.05) is 30.3 Å². The molecule has 0 bridgehead atoms. The van der Waals surface area contributed by atoms with Gasteiger partial charge in [-0.15, -0.1) is 0 Å². The molecule has 2 atom stereocenters. The lowest BCUT2D eigenvalue weighted by Gasteiger charge is -2.41. The van der Waals surface area contributed by atoms with Gasteiger partial charge in [0.05, 0.1) is 17.8 Å². The maximum atomic E-state index is 13.8. The second kappa shape index (κ2) is 12.6. The average molecular weight is 598 g/mol. The maximum absolute atomic E-state index is 13.8. The molecule has 0 spiro atoms. The number of hydrogen-bond acceptors (Lipinski definition) is 8. The summed E-state index contributed by atoms with van der Waals surface area (Å²) in [5.41, 5.74) is 0.949. The molecule has 3 aromatic rings. The molecule has 0 fully saturated rings. The first-order valence-corrected chi connectivity index (χ1v) is 16.8. The highest BCUT2D eigenvalue weighted by atomic mass is 28.4. The van der Waals surface area contributed by atoms with Crippen LogP contribution >= 0.6 is 0 Å². The van der Waals surface area contributed by atoms with E-state index in [1.54, 1.807) is 39.8 Å². The molecule has 0 aliphatic rings. The number of nitrogens with one attached hydrogen (secondary N) is 1. The topological polar surface area (TPSA) is 125 Å². The Morgan fingerprint density at radius 3 is 2.26 bits per heavy atom. The molecular formula is C30H43N5O6Si. The van der Waals surface area contributed by atoms with Gasteiger partial charge in [-0.3, -0.25) is 9.69 Å². The fourth-order valence-corrected chi connectivity index (χ4v) is 5.39. The maximum Gasteiger partial charge on any atom is 0.435 e. The highest BCUT2D eigenvalue weighted by Gasteiger charge is 2.43. The Labute approximate surface area is 248 Å². The molecule has 0 saturated heterocycles. The molecule has 3 rings (SSSR count). The molecular weight excluding hydrogens is 554 g/mol. The highest BCUT2D eigenvalue weighted by Crippen LogP contribution is 2.38. The normalized spacial score (nSPS) is 13.8. The number of benzene rings is 1. The number of fused-ring (bicyclic) bond motifs is 1. The summed E-state index contributed by atoms with van der Waals surface area (Å²) < 4.78 is 18.6. The molecule has 11 nitrogen and oxygen atoms in total. The zero-order valence-electron chi connectivity index (χ0n) is 26.2. The van der Waals surface area contributed by atoms with Crippen LogP contribution in [0.15, 0.2) is 48.7 Å². The first kappa shape index (κ1) is 32.7. The molecule has 0 saturated carbocycles. The Bertz CT molecular complexity index is 1410. The molecule has 0 radical (unpaired) electrons. The summed E-state index contributed by atoms with van der Waals surface area (Å²) in [5.74, 6) is -0.265. The third-order valence-electron chi connectivity index (χ3n) is 7.15. The largest absolute Gasteiger partial charge is 0.445 e. The summed E-state index contributed by atoms with van der Waals surface area (Å²) in [4.78, 5) is 45.2. The minimum atomic E-state index is -2.31. The average Bonchev–Trinajstić information content (AvgIpc) is 3.29. The van der Waals surface area contributed by atoms with Crippen molar-refractivity contribution < 1.29 is 28.3 Å². The highest BCUT2D eigenvalue weighted by molar-refractivity contribution is 6.74. The van der Waals surface area contributed by atoms with Gasteiger partial charge >= 0.3 is 12.2 Å². The Morgan fingerprint density at radius 2 is 1.67 bits per heavy atom. The van der Waals surface area contributed by atoms with E-state index >= 15 is 0 Å². The summed E-state index contributed by atoms with van der Waals surface area (Å²) in [6.45, 7) is 17.6. The zero-order valence-corrected chi connectivity index (χ0v) is 27.2. The summed E-state index contributed by atoms with van der Waals surface area (Å²) in [6.07, 6.45) is -0.531. The molecule has 2 heterocycles. The van der Waals surface area contributed by atoms with Crippen molar-refractivity contribution >= 4 is 43.3 Å². The van der Waals surface area contributed by atoms with Gasteiger partial charge in [0.25, 0.3) is 5.91 Å². The van der Waals surface area contributed by atoms with E-state index in [0.717, 1.165) is 10.2 Å². The van der Waals surface area contributed by atoms with Crippen LogP contribution in [-0.2, 0) is 25.3 Å². The van der Waals surface area contributed by atoms with Crippen molar-refractivity contribution in [1.82, 2.24) is 19.7 Å². The quantitative estimate of drug-likeness (QED) is 0.304. The molecule has 42 heavy (non-hydrogen) atoms. The minimum absolute atomic E-state index is 0.0652. The van der Waals surface area contributed by atoms with Crippen LogP contribution in [0.3, 0.4) is 0 Å². The van der Waals surface area contributed by atoms with Crippen LogP contribution in [0.4, 0.5) is 15.4 Å². The SMILES string of the molecule is C[C@@H](O[Si](C)(C)C(C)(C)C)[C@H](C(=O)Nc1ccc2c(cnn2C(=O)OC(C)(C)C)n1)N(C)C(=O)OCc1ccccc1. The minimum Gasteiger partial charge on any atom is -0.445 e. The Hall–Kier alpha value is -3.77. The molecule has 0 unspecified atom stereocenters. The fraction of sp³-hybridized carbons (Fsp3) is 0.500. The van der Waals surface area contributed by atoms with Crippen LogP contribution in [0.1, 0.15) is 54.0 Å². The van der Waals surface area contributed by atoms with Crippen LogP contribution in [0.25, 0.3) is 11.0 Å². The number of nitrogens with zero attached hydrogens (tertiary/aromatic N) is 4. The van der Waals surface area contributed by atoms with Crippen molar-refractivity contribution in [2.75, 3.05) is 12.4 Å². The number of carbonyl (C=O) groups excluding carboxylic acids is 3. The van der Waals surface area contributed by atoms with E-state index in [-0.39, 0.29) is 17.5 Å². The van der Waals surface area contributed by atoms with E-state index < -0.39 is 44.2 Å². The summed E-state index contributed by atoms with van der Waals surface area (Å²) in [7, 11) is -0.793. The van der Waals surface area contributed by atoms with Gasteiger partial charge in [-0.1, -0.05) is 51.1 Å². The van der Waals surface area contributed by atoms with Crippen LogP contribution in [0.2, 0.25) is 18.1 Å². The van der Waals surface area contributed by atoms with Crippen LogP contribution in [0.5, 0.6) is 0 Å². The van der Waals surface area contributed by atoms with E-state index in [9.17, 15) is 14.4 Å². The van der Waals surface area contributed by atoms with Crippen LogP contribution in [0, 0.1) is 0 Å². The van der Waals surface area contributed by atoms with Gasteiger partial charge in [0.1, 0.15) is 29.6 Å². The lowest BCUT2D eigenvalue weighted by Crippen LogP contribution is -2.55. The number of aromatic nitrogens is 3. The number of likely N-dealkylation sites (N-methyl/N-ethyl adjacent to an activating group) is 1. The van der Waals surface area contributed by atoms with E-state index in [1.165, 1.54) is 18.1 Å².